The molecular formula is C16H15NS. The van der Waals surface area contributed by atoms with Crippen molar-refractivity contribution in [2.45, 2.75) is 11.7 Å². The van der Waals surface area contributed by atoms with Crippen LogP contribution < -0.4 is 0 Å². The van der Waals surface area contributed by atoms with E-state index in [-0.39, 0.29) is 0 Å². The molecule has 2 aromatic carbocycles. The van der Waals surface area contributed by atoms with E-state index in [1.165, 1.54) is 11.1 Å². The zero-order chi connectivity index (χ0) is 12.6. The smallest absolute Gasteiger partial charge is 0.0630 e. The van der Waals surface area contributed by atoms with Crippen LogP contribution in [0.4, 0.5) is 0 Å². The highest BCUT2D eigenvalue weighted by atomic mass is 32.2. The maximum atomic E-state index is 8.66. The first-order valence-corrected chi connectivity index (χ1v) is 7.05. The summed E-state index contributed by atoms with van der Waals surface area (Å²) in [5.41, 5.74) is 2.60. The van der Waals surface area contributed by atoms with Gasteiger partial charge in [0.25, 0.3) is 0 Å². The van der Waals surface area contributed by atoms with Crippen molar-refractivity contribution in [1.29, 1.82) is 5.26 Å². The fourth-order valence-electron chi connectivity index (χ4n) is 1.86. The van der Waals surface area contributed by atoms with Gasteiger partial charge in [-0.05, 0) is 11.1 Å². The first-order chi connectivity index (χ1) is 8.92. The summed E-state index contributed by atoms with van der Waals surface area (Å²) in [7, 11) is 0. The number of hydrogen-bond donors (Lipinski definition) is 0. The summed E-state index contributed by atoms with van der Waals surface area (Å²) in [4.78, 5) is 0. The highest BCUT2D eigenvalue weighted by Gasteiger charge is 2.13. The molecule has 0 aliphatic heterocycles. The normalized spacial score (nSPS) is 10.2. The van der Waals surface area contributed by atoms with Crippen LogP contribution in [0.15, 0.2) is 60.7 Å². The molecule has 18 heavy (non-hydrogen) atoms. The third kappa shape index (κ3) is 3.38. The number of nitriles is 1. The van der Waals surface area contributed by atoms with Crippen LogP contribution in [0, 0.1) is 11.3 Å². The average molecular weight is 253 g/mol. The number of thioether (sulfide) groups is 1. The molecule has 0 aliphatic rings. The molecule has 2 aromatic rings. The molecule has 0 N–H and O–H groups in total. The molecule has 0 spiro atoms. The minimum Gasteiger partial charge on any atom is -0.198 e. The van der Waals surface area contributed by atoms with E-state index < -0.39 is 0 Å². The van der Waals surface area contributed by atoms with Gasteiger partial charge in [0.1, 0.15) is 0 Å². The van der Waals surface area contributed by atoms with E-state index in [1.807, 2.05) is 23.9 Å². The lowest BCUT2D eigenvalue weighted by molar-refractivity contribution is 1.14. The van der Waals surface area contributed by atoms with Crippen molar-refractivity contribution in [3.8, 4) is 6.07 Å². The number of hydrogen-bond acceptors (Lipinski definition) is 2. The predicted octanol–water partition coefficient (Wildman–Crippen LogP) is 4.42. The Kier molecular flexibility index (Phi) is 4.87. The van der Waals surface area contributed by atoms with Crippen molar-refractivity contribution in [3.63, 3.8) is 0 Å². The van der Waals surface area contributed by atoms with Crippen LogP contribution in [0.25, 0.3) is 0 Å². The van der Waals surface area contributed by atoms with Crippen LogP contribution in [0.3, 0.4) is 0 Å². The topological polar surface area (TPSA) is 23.8 Å². The van der Waals surface area contributed by atoms with Crippen molar-refractivity contribution >= 4 is 11.8 Å². The molecule has 0 aliphatic carbocycles. The van der Waals surface area contributed by atoms with Crippen molar-refractivity contribution in [1.82, 2.24) is 0 Å². The summed E-state index contributed by atoms with van der Waals surface area (Å²) in [5.74, 6) is 0.866. The Morgan fingerprint density at radius 3 is 1.83 bits per heavy atom. The molecule has 0 fully saturated rings. The Balaban J connectivity index is 2.21. The summed E-state index contributed by atoms with van der Waals surface area (Å²) < 4.78 is 0. The second kappa shape index (κ2) is 6.88. The number of rotatable bonds is 5. The lowest BCUT2D eigenvalue weighted by Crippen LogP contribution is -1.97. The van der Waals surface area contributed by atoms with Gasteiger partial charge in [0, 0.05) is 12.2 Å². The van der Waals surface area contributed by atoms with E-state index in [4.69, 9.17) is 5.26 Å². The first-order valence-electron chi connectivity index (χ1n) is 6.00. The summed E-state index contributed by atoms with van der Waals surface area (Å²) in [6.45, 7) is 0. The second-order valence-electron chi connectivity index (χ2n) is 3.98. The summed E-state index contributed by atoms with van der Waals surface area (Å²) in [6.07, 6.45) is 0.598. The Bertz CT molecular complexity index is 462. The number of nitrogens with zero attached hydrogens (tertiary/aromatic N) is 1. The quantitative estimate of drug-likeness (QED) is 0.736. The van der Waals surface area contributed by atoms with Gasteiger partial charge in [0.05, 0.1) is 11.3 Å². The van der Waals surface area contributed by atoms with E-state index >= 15 is 0 Å². The molecule has 0 atom stereocenters. The first kappa shape index (κ1) is 12.7. The van der Waals surface area contributed by atoms with E-state index in [0.29, 0.717) is 11.7 Å². The van der Waals surface area contributed by atoms with Gasteiger partial charge in [-0.1, -0.05) is 60.7 Å². The van der Waals surface area contributed by atoms with Gasteiger partial charge in [-0.2, -0.15) is 5.26 Å². The lowest BCUT2D eigenvalue weighted by Gasteiger charge is -2.17. The van der Waals surface area contributed by atoms with Crippen molar-refractivity contribution in [3.05, 3.63) is 71.8 Å². The molecule has 0 saturated carbocycles. The van der Waals surface area contributed by atoms with Crippen LogP contribution in [-0.4, -0.2) is 5.75 Å². The highest BCUT2D eigenvalue weighted by Crippen LogP contribution is 2.35. The zero-order valence-corrected chi connectivity index (χ0v) is 10.9. The van der Waals surface area contributed by atoms with Crippen LogP contribution >= 0.6 is 11.8 Å². The summed E-state index contributed by atoms with van der Waals surface area (Å²) in [6, 6.07) is 23.1. The van der Waals surface area contributed by atoms with Gasteiger partial charge < -0.3 is 0 Å². The van der Waals surface area contributed by atoms with E-state index in [2.05, 4.69) is 54.6 Å². The summed E-state index contributed by atoms with van der Waals surface area (Å²) >= 11 is 1.83. The molecule has 0 saturated heterocycles. The Labute approximate surface area is 112 Å². The standard InChI is InChI=1S/C16H15NS/c17-12-7-13-18-16(14-8-3-1-4-9-14)15-10-5-2-6-11-15/h1-6,8-11,16H,7,13H2. The van der Waals surface area contributed by atoms with Gasteiger partial charge in [0.15, 0.2) is 0 Å². The molecule has 0 radical (unpaired) electrons. The molecule has 2 heteroatoms. The van der Waals surface area contributed by atoms with Gasteiger partial charge in [-0.15, -0.1) is 11.8 Å². The van der Waals surface area contributed by atoms with Crippen molar-refractivity contribution in [2.75, 3.05) is 5.75 Å². The van der Waals surface area contributed by atoms with E-state index in [0.717, 1.165) is 5.75 Å². The minimum atomic E-state index is 0.320. The lowest BCUT2D eigenvalue weighted by atomic mass is 10.0. The SMILES string of the molecule is N#CCCSC(c1ccccc1)c1ccccc1. The average Bonchev–Trinajstić information content (AvgIpc) is 2.46. The van der Waals surface area contributed by atoms with Gasteiger partial charge in [-0.3, -0.25) is 0 Å². The van der Waals surface area contributed by atoms with Crippen LogP contribution in [0.1, 0.15) is 22.8 Å². The fourth-order valence-corrected chi connectivity index (χ4v) is 3.01. The molecule has 90 valence electrons. The van der Waals surface area contributed by atoms with E-state index in [1.54, 1.807) is 0 Å². The molecule has 0 bridgehead atoms. The largest absolute Gasteiger partial charge is 0.198 e. The Morgan fingerprint density at radius 2 is 1.39 bits per heavy atom. The Morgan fingerprint density at radius 1 is 0.889 bits per heavy atom. The van der Waals surface area contributed by atoms with Crippen LogP contribution in [-0.2, 0) is 0 Å². The molecular weight excluding hydrogens is 238 g/mol. The maximum Gasteiger partial charge on any atom is 0.0630 e. The molecule has 2 rings (SSSR count). The monoisotopic (exact) mass is 253 g/mol. The maximum absolute atomic E-state index is 8.66. The predicted molar refractivity (Wildman–Crippen MR) is 77.4 cm³/mol. The number of benzene rings is 2. The molecule has 0 unspecified atom stereocenters. The second-order valence-corrected chi connectivity index (χ2v) is 5.19. The third-order valence-corrected chi connectivity index (χ3v) is 4.02. The zero-order valence-electron chi connectivity index (χ0n) is 10.1. The van der Waals surface area contributed by atoms with Gasteiger partial charge >= 0.3 is 0 Å². The highest BCUT2D eigenvalue weighted by molar-refractivity contribution is 7.99. The third-order valence-electron chi connectivity index (χ3n) is 2.70. The van der Waals surface area contributed by atoms with Gasteiger partial charge in [0.2, 0.25) is 0 Å². The molecule has 0 heterocycles. The minimum absolute atomic E-state index is 0.320. The fraction of sp³-hybridized carbons (Fsp3) is 0.188. The van der Waals surface area contributed by atoms with Gasteiger partial charge in [-0.25, -0.2) is 0 Å². The van der Waals surface area contributed by atoms with Crippen LogP contribution in [0.5, 0.6) is 0 Å². The van der Waals surface area contributed by atoms with E-state index in [9.17, 15) is 0 Å². The molecule has 0 amide bonds. The summed E-state index contributed by atoms with van der Waals surface area (Å²) in [5, 5.41) is 8.98. The Hall–Kier alpha value is -1.72. The molecule has 1 nitrogen and oxygen atoms in total. The van der Waals surface area contributed by atoms with Crippen molar-refractivity contribution in [2.24, 2.45) is 0 Å². The van der Waals surface area contributed by atoms with Crippen LogP contribution in [0.2, 0.25) is 0 Å². The van der Waals surface area contributed by atoms with Crippen molar-refractivity contribution < 1.29 is 0 Å². The molecule has 0 aromatic heterocycles.